The molecule has 11 rings (SSSR count). The lowest BCUT2D eigenvalue weighted by molar-refractivity contribution is 0.628. The zero-order valence-corrected chi connectivity index (χ0v) is 30.7. The largest absolute Gasteiger partial charge is 0.309 e. The number of fused-ring (bicyclic) bond motifs is 6. The predicted molar refractivity (Wildman–Crippen MR) is 232 cm³/mol. The molecular weight excluding hydrogens is 700 g/mol. The normalized spacial score (nSPS) is 11.6. The van der Waals surface area contributed by atoms with Crippen molar-refractivity contribution in [3.8, 4) is 56.4 Å². The van der Waals surface area contributed by atoms with E-state index in [1.54, 1.807) is 12.1 Å². The minimum Gasteiger partial charge on any atom is -0.309 e. The summed E-state index contributed by atoms with van der Waals surface area (Å²) in [7, 11) is 0. The van der Waals surface area contributed by atoms with E-state index < -0.39 is 0 Å². The van der Waals surface area contributed by atoms with Crippen molar-refractivity contribution in [2.45, 2.75) is 0 Å². The lowest BCUT2D eigenvalue weighted by Crippen LogP contribution is -2.04. The van der Waals surface area contributed by atoms with Crippen LogP contribution in [0.2, 0.25) is 0 Å². The van der Waals surface area contributed by atoms with Crippen LogP contribution in [0.5, 0.6) is 0 Å². The van der Waals surface area contributed by atoms with Crippen LogP contribution in [0.1, 0.15) is 0 Å². The average Bonchev–Trinajstić information content (AvgIpc) is 3.79. The number of rotatable bonds is 6. The number of nitrogens with zero attached hydrogens (tertiary/aromatic N) is 4. The molecule has 0 aliphatic carbocycles. The van der Waals surface area contributed by atoms with Gasteiger partial charge >= 0.3 is 0 Å². The molecule has 0 atom stereocenters. The number of hydrogen-bond acceptors (Lipinski definition) is 2. The Morgan fingerprint density at radius 3 is 1.49 bits per heavy atom. The first kappa shape index (κ1) is 32.8. The van der Waals surface area contributed by atoms with E-state index in [1.807, 2.05) is 18.2 Å². The quantitative estimate of drug-likeness (QED) is 0.171. The van der Waals surface area contributed by atoms with Crippen molar-refractivity contribution in [3.63, 3.8) is 0 Å². The number of hydrogen-bond donors (Lipinski definition) is 0. The topological polar surface area (TPSA) is 35.6 Å². The average molecular weight is 733 g/mol. The first-order valence-electron chi connectivity index (χ1n) is 19.1. The lowest BCUT2D eigenvalue weighted by Gasteiger charge is -2.13. The van der Waals surface area contributed by atoms with Crippen LogP contribution in [0.4, 0.5) is 4.39 Å². The Kier molecular flexibility index (Phi) is 7.64. The van der Waals surface area contributed by atoms with E-state index in [0.29, 0.717) is 5.95 Å². The maximum Gasteiger partial charge on any atom is 0.235 e. The Hall–Kier alpha value is -7.63. The fourth-order valence-corrected chi connectivity index (χ4v) is 8.29. The monoisotopic (exact) mass is 732 g/mol. The van der Waals surface area contributed by atoms with E-state index in [4.69, 9.17) is 9.97 Å². The molecule has 0 aliphatic rings. The summed E-state index contributed by atoms with van der Waals surface area (Å²) in [5, 5.41) is 4.70. The summed E-state index contributed by atoms with van der Waals surface area (Å²) in [6.07, 6.45) is 0. The first-order valence-corrected chi connectivity index (χ1v) is 19.1. The summed E-state index contributed by atoms with van der Waals surface area (Å²) in [6, 6.07) is 68.4. The first-order chi connectivity index (χ1) is 28.2. The molecule has 57 heavy (non-hydrogen) atoms. The van der Waals surface area contributed by atoms with Crippen LogP contribution in [-0.2, 0) is 0 Å². The zero-order valence-electron chi connectivity index (χ0n) is 30.7. The van der Waals surface area contributed by atoms with Gasteiger partial charge in [-0.1, -0.05) is 140 Å². The van der Waals surface area contributed by atoms with Gasteiger partial charge in [0.25, 0.3) is 0 Å². The van der Waals surface area contributed by atoms with Gasteiger partial charge in [0.2, 0.25) is 5.95 Å². The highest BCUT2D eigenvalue weighted by molar-refractivity contribution is 6.12. The van der Waals surface area contributed by atoms with Crippen LogP contribution in [0.25, 0.3) is 100 Å². The van der Waals surface area contributed by atoms with Gasteiger partial charge in [-0.25, -0.2) is 14.4 Å². The number of benzene rings is 8. The van der Waals surface area contributed by atoms with Gasteiger partial charge < -0.3 is 4.57 Å². The zero-order chi connectivity index (χ0) is 37.9. The maximum absolute atomic E-state index is 13.7. The van der Waals surface area contributed by atoms with Gasteiger partial charge in [-0.15, -0.1) is 0 Å². The molecule has 0 amide bonds. The van der Waals surface area contributed by atoms with Crippen LogP contribution in [0.3, 0.4) is 0 Å². The third kappa shape index (κ3) is 5.59. The van der Waals surface area contributed by atoms with Crippen LogP contribution in [-0.4, -0.2) is 19.1 Å². The summed E-state index contributed by atoms with van der Waals surface area (Å²) in [5.74, 6) is 0.349. The molecule has 8 aromatic carbocycles. The highest BCUT2D eigenvalue weighted by Gasteiger charge is 2.19. The van der Waals surface area contributed by atoms with Crippen molar-refractivity contribution in [1.29, 1.82) is 0 Å². The van der Waals surface area contributed by atoms with Gasteiger partial charge in [0.05, 0.1) is 33.5 Å². The van der Waals surface area contributed by atoms with Crippen molar-refractivity contribution in [3.05, 3.63) is 206 Å². The molecule has 0 spiro atoms. The van der Waals surface area contributed by atoms with E-state index >= 15 is 0 Å². The fraction of sp³-hybridized carbons (Fsp3) is 0. The van der Waals surface area contributed by atoms with Crippen molar-refractivity contribution in [2.24, 2.45) is 0 Å². The number of halogens is 1. The third-order valence-corrected chi connectivity index (χ3v) is 11.0. The van der Waals surface area contributed by atoms with E-state index in [0.717, 1.165) is 72.3 Å². The predicted octanol–water partition coefficient (Wildman–Crippen LogP) is 13.5. The summed E-state index contributed by atoms with van der Waals surface area (Å²) in [4.78, 5) is 10.6. The SMILES string of the molecule is Fc1ccc(-c2ccc(-c3cc(-c4ccccc4)nc(-n4c5ccccc5c5ccc(-c6ccc7c(c6)c6ccccc6n7-c6ccccc6)cc54)n3)cc2)cc1. The van der Waals surface area contributed by atoms with Crippen molar-refractivity contribution in [2.75, 3.05) is 0 Å². The van der Waals surface area contributed by atoms with Crippen LogP contribution >= 0.6 is 0 Å². The summed E-state index contributed by atoms with van der Waals surface area (Å²) >= 11 is 0. The Bertz CT molecular complexity index is 3270. The van der Waals surface area contributed by atoms with E-state index in [-0.39, 0.29) is 5.82 Å². The van der Waals surface area contributed by atoms with Crippen molar-refractivity contribution >= 4 is 43.6 Å². The Morgan fingerprint density at radius 1 is 0.316 bits per heavy atom. The second-order valence-corrected chi connectivity index (χ2v) is 14.4. The fourth-order valence-electron chi connectivity index (χ4n) is 8.29. The maximum atomic E-state index is 13.7. The highest BCUT2D eigenvalue weighted by Crippen LogP contribution is 2.38. The number of para-hydroxylation sites is 3. The van der Waals surface area contributed by atoms with E-state index in [2.05, 4.69) is 167 Å². The standard InChI is InChI=1S/C52H33FN4/c53-40-27-23-35(24-28-40)34-19-21-37(22-20-34)47-33-46(36-11-3-1-4-12-36)54-52(55-47)57-49-18-10-7-15-42(49)44-29-25-39(32-51(44)57)38-26-30-50-45(31-38)43-16-8-9-17-48(43)56(50)41-13-5-2-6-14-41/h1-33H. The molecule has 0 radical (unpaired) electrons. The lowest BCUT2D eigenvalue weighted by atomic mass is 10.0. The minimum atomic E-state index is -0.247. The van der Waals surface area contributed by atoms with E-state index in [1.165, 1.54) is 33.9 Å². The molecule has 0 unspecified atom stereocenters. The smallest absolute Gasteiger partial charge is 0.235 e. The number of aromatic nitrogens is 4. The molecule has 268 valence electrons. The van der Waals surface area contributed by atoms with Gasteiger partial charge in [-0.2, -0.15) is 0 Å². The molecule has 0 aliphatic heterocycles. The van der Waals surface area contributed by atoms with Crippen molar-refractivity contribution < 1.29 is 4.39 Å². The molecular formula is C52H33FN4. The van der Waals surface area contributed by atoms with Gasteiger partial charge in [-0.05, 0) is 82.9 Å². The molecule has 0 saturated heterocycles. The highest BCUT2D eigenvalue weighted by atomic mass is 19.1. The van der Waals surface area contributed by atoms with Crippen LogP contribution in [0, 0.1) is 5.82 Å². The van der Waals surface area contributed by atoms with E-state index in [9.17, 15) is 4.39 Å². The summed E-state index contributed by atoms with van der Waals surface area (Å²) in [5.41, 5.74) is 13.4. The molecule has 0 saturated carbocycles. The Balaban J connectivity index is 1.09. The molecule has 11 aromatic rings. The molecule has 3 aromatic heterocycles. The molecule has 0 fully saturated rings. The van der Waals surface area contributed by atoms with Crippen molar-refractivity contribution in [1.82, 2.24) is 19.1 Å². The second-order valence-electron chi connectivity index (χ2n) is 14.4. The Morgan fingerprint density at radius 2 is 0.789 bits per heavy atom. The molecule has 3 heterocycles. The second kappa shape index (κ2) is 13.3. The Labute approximate surface area is 328 Å². The van der Waals surface area contributed by atoms with Crippen LogP contribution in [0.15, 0.2) is 200 Å². The minimum absolute atomic E-state index is 0.247. The van der Waals surface area contributed by atoms with Gasteiger partial charge in [0.15, 0.2) is 0 Å². The van der Waals surface area contributed by atoms with Gasteiger partial charge in [0.1, 0.15) is 5.82 Å². The molecule has 5 heteroatoms. The van der Waals surface area contributed by atoms with Gasteiger partial charge in [0, 0.05) is 38.4 Å². The summed E-state index contributed by atoms with van der Waals surface area (Å²) in [6.45, 7) is 0. The molecule has 4 nitrogen and oxygen atoms in total. The van der Waals surface area contributed by atoms with Crippen LogP contribution < -0.4 is 0 Å². The third-order valence-electron chi connectivity index (χ3n) is 11.0. The van der Waals surface area contributed by atoms with Gasteiger partial charge in [-0.3, -0.25) is 4.57 Å². The summed E-state index contributed by atoms with van der Waals surface area (Å²) < 4.78 is 18.2. The molecule has 0 bridgehead atoms. The molecule has 0 N–H and O–H groups in total.